The third-order valence-electron chi connectivity index (χ3n) is 1.44. The van der Waals surface area contributed by atoms with E-state index >= 15 is 0 Å². The minimum atomic E-state index is -0.434. The number of thioether (sulfide) groups is 1. The Labute approximate surface area is 98.3 Å². The van der Waals surface area contributed by atoms with Crippen LogP contribution in [0, 0.1) is 0 Å². The molecule has 1 rings (SSSR count). The summed E-state index contributed by atoms with van der Waals surface area (Å²) in [5.74, 6) is 0.634. The van der Waals surface area contributed by atoms with Crippen molar-refractivity contribution >= 4 is 23.7 Å². The van der Waals surface area contributed by atoms with E-state index in [9.17, 15) is 4.79 Å². The Kier molecular flexibility index (Phi) is 4.17. The third kappa shape index (κ3) is 5.01. The highest BCUT2D eigenvalue weighted by Gasteiger charge is 2.16. The maximum absolute atomic E-state index is 11.3. The molecule has 0 aliphatic carbocycles. The van der Waals surface area contributed by atoms with Gasteiger partial charge in [0.1, 0.15) is 5.60 Å². The molecule has 0 aliphatic rings. The highest BCUT2D eigenvalue weighted by molar-refractivity contribution is 7.99. The molecule has 0 bridgehead atoms. The molecule has 0 aliphatic heterocycles. The molecule has 3 N–H and O–H groups in total. The molecule has 90 valence electrons. The minimum absolute atomic E-state index is 0.219. The van der Waals surface area contributed by atoms with Crippen molar-refractivity contribution in [3.63, 3.8) is 0 Å². The van der Waals surface area contributed by atoms with Crippen LogP contribution in [-0.2, 0) is 9.53 Å². The van der Waals surface area contributed by atoms with Crippen LogP contribution in [0.3, 0.4) is 0 Å². The van der Waals surface area contributed by atoms with Gasteiger partial charge in [0.15, 0.2) is 0 Å². The first-order valence-electron chi connectivity index (χ1n) is 4.89. The number of H-pyrrole nitrogens is 1. The molecule has 0 saturated heterocycles. The van der Waals surface area contributed by atoms with Crippen LogP contribution < -0.4 is 5.73 Å². The fraction of sp³-hybridized carbons (Fsp3) is 0.667. The van der Waals surface area contributed by atoms with Crippen LogP contribution in [0.15, 0.2) is 5.16 Å². The number of ether oxygens (including phenoxy) is 1. The van der Waals surface area contributed by atoms with Crippen molar-refractivity contribution in [2.45, 2.75) is 37.9 Å². The molecule has 6 nitrogen and oxygen atoms in total. The van der Waals surface area contributed by atoms with Crippen LogP contribution in [0.4, 0.5) is 5.95 Å². The van der Waals surface area contributed by atoms with E-state index in [-0.39, 0.29) is 11.9 Å². The summed E-state index contributed by atoms with van der Waals surface area (Å²) < 4.78 is 5.16. The van der Waals surface area contributed by atoms with Gasteiger partial charge in [-0.3, -0.25) is 4.79 Å². The van der Waals surface area contributed by atoms with E-state index in [0.29, 0.717) is 17.3 Å². The summed E-state index contributed by atoms with van der Waals surface area (Å²) in [5, 5.41) is 6.90. The Morgan fingerprint density at radius 2 is 2.25 bits per heavy atom. The molecule has 0 spiro atoms. The quantitative estimate of drug-likeness (QED) is 0.610. The first-order chi connectivity index (χ1) is 7.37. The van der Waals surface area contributed by atoms with Crippen molar-refractivity contribution in [3.8, 4) is 0 Å². The zero-order chi connectivity index (χ0) is 12.2. The molecule has 0 fully saturated rings. The maximum Gasteiger partial charge on any atom is 0.307 e. The first kappa shape index (κ1) is 12.8. The van der Waals surface area contributed by atoms with Gasteiger partial charge >= 0.3 is 5.97 Å². The fourth-order valence-electron chi connectivity index (χ4n) is 0.941. The van der Waals surface area contributed by atoms with Gasteiger partial charge in [-0.1, -0.05) is 11.8 Å². The van der Waals surface area contributed by atoms with Gasteiger partial charge in [-0.15, -0.1) is 5.10 Å². The van der Waals surface area contributed by atoms with Crippen molar-refractivity contribution in [2.24, 2.45) is 0 Å². The number of aromatic nitrogens is 3. The van der Waals surface area contributed by atoms with Gasteiger partial charge in [0.2, 0.25) is 11.1 Å². The van der Waals surface area contributed by atoms with E-state index < -0.39 is 5.60 Å². The van der Waals surface area contributed by atoms with Gasteiger partial charge in [-0.2, -0.15) is 4.98 Å². The number of esters is 1. The molecule has 16 heavy (non-hydrogen) atoms. The lowest BCUT2D eigenvalue weighted by Crippen LogP contribution is -2.24. The number of rotatable bonds is 4. The Balaban J connectivity index is 2.23. The van der Waals surface area contributed by atoms with E-state index in [1.165, 1.54) is 11.8 Å². The fourth-order valence-corrected chi connectivity index (χ4v) is 1.67. The van der Waals surface area contributed by atoms with Gasteiger partial charge in [0, 0.05) is 5.75 Å². The van der Waals surface area contributed by atoms with Crippen molar-refractivity contribution in [3.05, 3.63) is 0 Å². The van der Waals surface area contributed by atoms with Gasteiger partial charge in [-0.05, 0) is 20.8 Å². The number of hydrogen-bond acceptors (Lipinski definition) is 6. The largest absolute Gasteiger partial charge is 0.460 e. The van der Waals surface area contributed by atoms with Crippen LogP contribution >= 0.6 is 11.8 Å². The van der Waals surface area contributed by atoms with Crippen molar-refractivity contribution in [1.29, 1.82) is 0 Å². The minimum Gasteiger partial charge on any atom is -0.460 e. The molecule has 1 aromatic rings. The second-order valence-electron chi connectivity index (χ2n) is 4.19. The van der Waals surface area contributed by atoms with Crippen molar-refractivity contribution in [1.82, 2.24) is 15.2 Å². The molecule has 7 heteroatoms. The third-order valence-corrected chi connectivity index (χ3v) is 2.29. The Hall–Kier alpha value is -1.24. The van der Waals surface area contributed by atoms with E-state index in [1.54, 1.807) is 0 Å². The number of carbonyl (C=O) groups excluding carboxylic acids is 1. The molecule has 1 aromatic heterocycles. The molecule has 0 aromatic carbocycles. The van der Waals surface area contributed by atoms with Gasteiger partial charge < -0.3 is 10.5 Å². The lowest BCUT2D eigenvalue weighted by Gasteiger charge is -2.19. The van der Waals surface area contributed by atoms with E-state index in [1.807, 2.05) is 20.8 Å². The highest BCUT2D eigenvalue weighted by Crippen LogP contribution is 2.15. The SMILES string of the molecule is CC(C)(C)OC(=O)CCSc1n[nH]c(N)n1. The van der Waals surface area contributed by atoms with Crippen molar-refractivity contribution in [2.75, 3.05) is 11.5 Å². The van der Waals surface area contributed by atoms with Crippen LogP contribution in [0.2, 0.25) is 0 Å². The van der Waals surface area contributed by atoms with Crippen LogP contribution in [0.25, 0.3) is 0 Å². The smallest absolute Gasteiger partial charge is 0.307 e. The predicted molar refractivity (Wildman–Crippen MR) is 62.0 cm³/mol. The van der Waals surface area contributed by atoms with Crippen LogP contribution in [0.5, 0.6) is 0 Å². The number of hydrogen-bond donors (Lipinski definition) is 2. The summed E-state index contributed by atoms with van der Waals surface area (Å²) in [7, 11) is 0. The molecule has 0 radical (unpaired) electrons. The summed E-state index contributed by atoms with van der Waals surface area (Å²) in [5.41, 5.74) is 4.93. The number of nitrogens with zero attached hydrogens (tertiary/aromatic N) is 2. The topological polar surface area (TPSA) is 93.9 Å². The molecule has 0 saturated carbocycles. The summed E-state index contributed by atoms with van der Waals surface area (Å²) in [4.78, 5) is 15.2. The second-order valence-corrected chi connectivity index (χ2v) is 5.25. The Morgan fingerprint density at radius 3 is 2.75 bits per heavy atom. The number of nitrogens with one attached hydrogen (secondary N) is 1. The van der Waals surface area contributed by atoms with Crippen molar-refractivity contribution < 1.29 is 9.53 Å². The second kappa shape index (κ2) is 5.20. The normalized spacial score (nSPS) is 11.4. The first-order valence-corrected chi connectivity index (χ1v) is 5.88. The van der Waals surface area contributed by atoms with Gasteiger partial charge in [-0.25, -0.2) is 5.10 Å². The maximum atomic E-state index is 11.3. The molecular weight excluding hydrogens is 228 g/mol. The summed E-state index contributed by atoms with van der Waals surface area (Å²) >= 11 is 1.36. The Bertz CT molecular complexity index is 359. The van der Waals surface area contributed by atoms with Gasteiger partial charge in [0.25, 0.3) is 0 Å². The standard InChI is InChI=1S/C9H16N4O2S/c1-9(2,3)15-6(14)4-5-16-8-11-7(10)12-13-8/h4-5H2,1-3H3,(H3,10,11,12,13). The lowest BCUT2D eigenvalue weighted by molar-refractivity contribution is -0.154. The number of nitrogens with two attached hydrogens (primary N) is 1. The molecule has 0 amide bonds. The number of aromatic amines is 1. The summed E-state index contributed by atoms with van der Waals surface area (Å²) in [6, 6.07) is 0. The number of nitrogen functional groups attached to an aromatic ring is 1. The highest BCUT2D eigenvalue weighted by atomic mass is 32.2. The van der Waals surface area contributed by atoms with E-state index in [2.05, 4.69) is 15.2 Å². The summed E-state index contributed by atoms with van der Waals surface area (Å²) in [6.45, 7) is 5.52. The molecule has 0 atom stereocenters. The molecular formula is C9H16N4O2S. The average molecular weight is 244 g/mol. The monoisotopic (exact) mass is 244 g/mol. The lowest BCUT2D eigenvalue weighted by atomic mass is 10.2. The van der Waals surface area contributed by atoms with Crippen LogP contribution in [0.1, 0.15) is 27.2 Å². The zero-order valence-electron chi connectivity index (χ0n) is 9.61. The summed E-state index contributed by atoms with van der Waals surface area (Å²) in [6.07, 6.45) is 0.330. The Morgan fingerprint density at radius 1 is 1.56 bits per heavy atom. The average Bonchev–Trinajstić information content (AvgIpc) is 2.48. The van der Waals surface area contributed by atoms with E-state index in [0.717, 1.165) is 0 Å². The molecule has 1 heterocycles. The van der Waals surface area contributed by atoms with E-state index in [4.69, 9.17) is 10.5 Å². The number of anilines is 1. The number of carbonyl (C=O) groups is 1. The van der Waals surface area contributed by atoms with Crippen LogP contribution in [-0.4, -0.2) is 32.5 Å². The molecule has 0 unspecified atom stereocenters. The predicted octanol–water partition coefficient (Wildman–Crippen LogP) is 1.21. The zero-order valence-corrected chi connectivity index (χ0v) is 10.4. The van der Waals surface area contributed by atoms with Gasteiger partial charge in [0.05, 0.1) is 6.42 Å².